The zero-order chi connectivity index (χ0) is 41.6. The third-order valence-electron chi connectivity index (χ3n) is 10.5. The van der Waals surface area contributed by atoms with Gasteiger partial charge in [0, 0.05) is 26.9 Å². The topological polar surface area (TPSA) is 117 Å². The fourth-order valence-corrected chi connectivity index (χ4v) is 6.66. The molecule has 0 unspecified atom stereocenters. The Labute approximate surface area is 342 Å². The first-order valence-electron chi connectivity index (χ1n) is 20.0. The second-order valence-corrected chi connectivity index (χ2v) is 14.9. The predicted octanol–water partition coefficient (Wildman–Crippen LogP) is 8.24. The summed E-state index contributed by atoms with van der Waals surface area (Å²) in [4.78, 5) is 54.9. The minimum Gasteiger partial charge on any atom is -0.490 e. The van der Waals surface area contributed by atoms with E-state index in [4.69, 9.17) is 9.47 Å². The molecule has 0 fully saturated rings. The lowest BCUT2D eigenvalue weighted by molar-refractivity contribution is -0.126. The highest BCUT2D eigenvalue weighted by Gasteiger charge is 2.29. The van der Waals surface area contributed by atoms with Crippen molar-refractivity contribution in [2.45, 2.75) is 89.8 Å². The van der Waals surface area contributed by atoms with E-state index in [-0.39, 0.29) is 47.9 Å². The van der Waals surface area contributed by atoms with E-state index >= 15 is 0 Å². The van der Waals surface area contributed by atoms with Crippen LogP contribution in [0, 0.1) is 0 Å². The number of carbonyl (C=O) groups is 4. The highest BCUT2D eigenvalue weighted by atomic mass is 16.5. The minimum absolute atomic E-state index is 0.0735. The van der Waals surface area contributed by atoms with Gasteiger partial charge in [-0.1, -0.05) is 109 Å². The van der Waals surface area contributed by atoms with Gasteiger partial charge in [0.25, 0.3) is 11.8 Å². The summed E-state index contributed by atoms with van der Waals surface area (Å²) in [5.74, 6) is 0.228. The maximum atomic E-state index is 13.1. The summed E-state index contributed by atoms with van der Waals surface area (Å²) in [5.41, 5.74) is 2.99. The lowest BCUT2D eigenvalue weighted by atomic mass is 10.0. The van der Waals surface area contributed by atoms with Crippen molar-refractivity contribution in [3.63, 3.8) is 0 Å². The molecule has 10 heteroatoms. The Morgan fingerprint density at radius 1 is 0.466 bits per heavy atom. The highest BCUT2D eigenvalue weighted by molar-refractivity contribution is 6.00. The van der Waals surface area contributed by atoms with Crippen LogP contribution in [0.4, 0.5) is 0 Å². The number of carbonyl (C=O) groups excluding carboxylic acids is 4. The molecular formula is C48H56N4O6. The lowest BCUT2D eigenvalue weighted by Crippen LogP contribution is -2.47. The predicted molar refractivity (Wildman–Crippen MR) is 228 cm³/mol. The average molecular weight is 785 g/mol. The molecule has 2 aliphatic rings. The molecule has 0 aliphatic carbocycles. The zero-order valence-electron chi connectivity index (χ0n) is 34.3. The molecule has 6 atom stereocenters. The lowest BCUT2D eigenvalue weighted by Gasteiger charge is -2.28. The van der Waals surface area contributed by atoms with E-state index in [2.05, 4.69) is 34.9 Å². The average Bonchev–Trinajstić information content (AvgIpc) is 3.24. The SMILES string of the molecule is C[C@@H]1C(=O)N[C@H](c2ccccc2)C/C=C/C[C@H](C)Oc2ccccc2C(=O)N1C.C[C@@H]1C(=O)N[C@H](c2ccccc2)C/C=C\C[C@H](C)Oc2ccccc2C(=O)N1C. The molecule has 2 heterocycles. The standard InChI is InChI=1S/2C24H28N2O3/c2*1-17-11-7-9-15-21(19-12-5-4-6-13-19)25-23(27)18(2)26(3)24(28)20-14-8-10-16-22(20)29-17/h2*4-10,12-14,16-18,21H,11,15H2,1-3H3,(H,25,27)/b9-7+;9-7-/t2*17-,18+,21-/m00/s1. The molecule has 0 bridgehead atoms. The van der Waals surface area contributed by atoms with Gasteiger partial charge in [0.1, 0.15) is 23.6 Å². The molecule has 4 aromatic rings. The monoisotopic (exact) mass is 784 g/mol. The normalized spacial score (nSPS) is 24.7. The molecular weight excluding hydrogens is 729 g/mol. The Bertz CT molecular complexity index is 1900. The van der Waals surface area contributed by atoms with Gasteiger partial charge in [0.05, 0.1) is 35.4 Å². The maximum absolute atomic E-state index is 13.1. The molecule has 0 saturated heterocycles. The summed E-state index contributed by atoms with van der Waals surface area (Å²) in [5, 5.41) is 6.22. The third-order valence-corrected chi connectivity index (χ3v) is 10.5. The first-order valence-corrected chi connectivity index (χ1v) is 20.0. The number of benzene rings is 4. The molecule has 2 aliphatic heterocycles. The van der Waals surface area contributed by atoms with Crippen molar-refractivity contribution in [1.82, 2.24) is 20.4 Å². The van der Waals surface area contributed by atoms with Crippen molar-refractivity contribution in [2.75, 3.05) is 14.1 Å². The van der Waals surface area contributed by atoms with Gasteiger partial charge in [-0.15, -0.1) is 0 Å². The van der Waals surface area contributed by atoms with E-state index in [0.717, 1.165) is 11.1 Å². The summed E-state index contributed by atoms with van der Waals surface area (Å²) >= 11 is 0. The van der Waals surface area contributed by atoms with E-state index in [0.29, 0.717) is 48.3 Å². The number of likely N-dealkylation sites (N-methyl/N-ethyl adjacent to an activating group) is 2. The third kappa shape index (κ3) is 11.5. The number of para-hydroxylation sites is 2. The van der Waals surface area contributed by atoms with Crippen LogP contribution in [0.2, 0.25) is 0 Å². The smallest absolute Gasteiger partial charge is 0.258 e. The molecule has 6 rings (SSSR count). The van der Waals surface area contributed by atoms with Crippen LogP contribution < -0.4 is 20.1 Å². The van der Waals surface area contributed by atoms with Gasteiger partial charge in [-0.2, -0.15) is 0 Å². The van der Waals surface area contributed by atoms with Crippen molar-refractivity contribution < 1.29 is 28.7 Å². The van der Waals surface area contributed by atoms with Crippen LogP contribution >= 0.6 is 0 Å². The summed E-state index contributed by atoms with van der Waals surface area (Å²) in [6, 6.07) is 32.6. The number of amides is 4. The van der Waals surface area contributed by atoms with Crippen molar-refractivity contribution in [1.29, 1.82) is 0 Å². The second-order valence-electron chi connectivity index (χ2n) is 14.9. The molecule has 0 aromatic heterocycles. The van der Waals surface area contributed by atoms with Gasteiger partial charge in [-0.05, 0) is 75.9 Å². The first-order chi connectivity index (χ1) is 27.9. The summed E-state index contributed by atoms with van der Waals surface area (Å²) in [7, 11) is 3.30. The van der Waals surface area contributed by atoms with Crippen molar-refractivity contribution in [3.8, 4) is 11.5 Å². The van der Waals surface area contributed by atoms with E-state index < -0.39 is 12.1 Å². The van der Waals surface area contributed by atoms with Crippen LogP contribution in [0.25, 0.3) is 0 Å². The molecule has 4 aromatic carbocycles. The fourth-order valence-electron chi connectivity index (χ4n) is 6.66. The quantitative estimate of drug-likeness (QED) is 0.198. The van der Waals surface area contributed by atoms with Gasteiger partial charge in [0.2, 0.25) is 11.8 Å². The summed E-state index contributed by atoms with van der Waals surface area (Å²) in [6.07, 6.45) is 10.9. The molecule has 0 spiro atoms. The van der Waals surface area contributed by atoms with Crippen molar-refractivity contribution >= 4 is 23.6 Å². The van der Waals surface area contributed by atoms with Crippen LogP contribution in [-0.2, 0) is 9.59 Å². The van der Waals surface area contributed by atoms with Gasteiger partial charge in [-0.25, -0.2) is 0 Å². The van der Waals surface area contributed by atoms with Crippen LogP contribution in [0.15, 0.2) is 133 Å². The number of hydrogen-bond donors (Lipinski definition) is 2. The molecule has 304 valence electrons. The minimum atomic E-state index is -0.619. The van der Waals surface area contributed by atoms with Crippen LogP contribution in [0.5, 0.6) is 11.5 Å². The van der Waals surface area contributed by atoms with Crippen LogP contribution in [0.3, 0.4) is 0 Å². The number of nitrogens with zero attached hydrogens (tertiary/aromatic N) is 2. The van der Waals surface area contributed by atoms with Crippen molar-refractivity contribution in [3.05, 3.63) is 156 Å². The van der Waals surface area contributed by atoms with Gasteiger partial charge >= 0.3 is 0 Å². The first kappa shape index (κ1) is 43.0. The van der Waals surface area contributed by atoms with Crippen LogP contribution in [0.1, 0.15) is 97.3 Å². The summed E-state index contributed by atoms with van der Waals surface area (Å²) in [6.45, 7) is 7.45. The number of ether oxygens (including phenoxy) is 2. The maximum Gasteiger partial charge on any atom is 0.258 e. The molecule has 58 heavy (non-hydrogen) atoms. The molecule has 4 amide bonds. The van der Waals surface area contributed by atoms with E-state index in [9.17, 15) is 19.2 Å². The Morgan fingerprint density at radius 3 is 1.17 bits per heavy atom. The van der Waals surface area contributed by atoms with E-state index in [1.807, 2.05) is 86.6 Å². The second kappa shape index (κ2) is 20.8. The number of hydrogen-bond acceptors (Lipinski definition) is 6. The van der Waals surface area contributed by atoms with Gasteiger partial charge in [0.15, 0.2) is 0 Å². The Hall–Kier alpha value is -6.16. The fraction of sp³-hybridized carbons (Fsp3) is 0.333. The summed E-state index contributed by atoms with van der Waals surface area (Å²) < 4.78 is 12.1. The van der Waals surface area contributed by atoms with Crippen molar-refractivity contribution in [2.24, 2.45) is 0 Å². The molecule has 2 N–H and O–H groups in total. The zero-order valence-corrected chi connectivity index (χ0v) is 34.3. The number of rotatable bonds is 2. The van der Waals surface area contributed by atoms with Gasteiger partial charge < -0.3 is 29.9 Å². The van der Waals surface area contributed by atoms with E-state index in [1.54, 1.807) is 64.3 Å². The largest absolute Gasteiger partial charge is 0.490 e. The molecule has 0 radical (unpaired) electrons. The number of fused-ring (bicyclic) bond motifs is 2. The molecule has 0 saturated carbocycles. The Kier molecular flexibility index (Phi) is 15.4. The number of nitrogens with one attached hydrogen (secondary N) is 2. The Balaban J connectivity index is 0.000000221. The van der Waals surface area contributed by atoms with Crippen LogP contribution in [-0.4, -0.2) is 71.8 Å². The Morgan fingerprint density at radius 2 is 0.793 bits per heavy atom. The van der Waals surface area contributed by atoms with E-state index in [1.165, 1.54) is 9.80 Å². The van der Waals surface area contributed by atoms with Gasteiger partial charge in [-0.3, -0.25) is 19.2 Å². The highest BCUT2D eigenvalue weighted by Crippen LogP contribution is 2.26. The molecule has 10 nitrogen and oxygen atoms in total.